The van der Waals surface area contributed by atoms with Gasteiger partial charge < -0.3 is 15.0 Å². The van der Waals surface area contributed by atoms with Crippen molar-refractivity contribution in [3.05, 3.63) is 39.8 Å². The Bertz CT molecular complexity index is 785. The number of benzene rings is 1. The quantitative estimate of drug-likeness (QED) is 0.845. The number of hydrogen-bond acceptors (Lipinski definition) is 4. The summed E-state index contributed by atoms with van der Waals surface area (Å²) >= 11 is 6.10. The van der Waals surface area contributed by atoms with Crippen LogP contribution >= 0.6 is 11.6 Å². The molecule has 2 rings (SSSR count). The molecule has 0 unspecified atom stereocenters. The van der Waals surface area contributed by atoms with Gasteiger partial charge in [0, 0.05) is 17.5 Å². The first-order valence-corrected chi connectivity index (χ1v) is 6.98. The van der Waals surface area contributed by atoms with Crippen LogP contribution in [0.1, 0.15) is 13.3 Å². The Hall–Kier alpha value is -2.34. The minimum absolute atomic E-state index is 0.0206. The number of aromatic amines is 1. The van der Waals surface area contributed by atoms with Crippen LogP contribution in [0.4, 0.5) is 5.69 Å². The third kappa shape index (κ3) is 3.46. The summed E-state index contributed by atoms with van der Waals surface area (Å²) in [5.74, 6) is -1.37. The highest BCUT2D eigenvalue weighted by Gasteiger charge is 2.18. The van der Waals surface area contributed by atoms with E-state index in [1.165, 1.54) is 19.4 Å². The molecule has 0 bridgehead atoms. The lowest BCUT2D eigenvalue weighted by molar-refractivity contribution is -0.143. The molecule has 0 spiro atoms. The molecule has 1 aromatic carbocycles. The second-order valence-electron chi connectivity index (χ2n) is 4.90. The van der Waals surface area contributed by atoms with Crippen molar-refractivity contribution in [1.29, 1.82) is 0 Å². The number of aromatic nitrogens is 1. The standard InChI is InChI=1S/C15H15ClN2O4/c1-8(5-13(19)22-2)14(20)18-12-6-9-3-4-17-15(21)10(9)7-11(12)16/h3-4,6-8H,5H2,1-2H3,(H,17,21)(H,18,20)/t8-/m1/s1. The number of methoxy groups -OCH3 is 1. The molecule has 7 heteroatoms. The molecule has 0 aliphatic rings. The van der Waals surface area contributed by atoms with E-state index in [9.17, 15) is 14.4 Å². The van der Waals surface area contributed by atoms with Gasteiger partial charge in [-0.3, -0.25) is 14.4 Å². The highest BCUT2D eigenvalue weighted by molar-refractivity contribution is 6.34. The summed E-state index contributed by atoms with van der Waals surface area (Å²) in [6.07, 6.45) is 1.50. The summed E-state index contributed by atoms with van der Waals surface area (Å²) in [6, 6.07) is 4.83. The number of H-pyrrole nitrogens is 1. The van der Waals surface area contributed by atoms with Crippen LogP contribution in [0.2, 0.25) is 5.02 Å². The first kappa shape index (κ1) is 16.0. The van der Waals surface area contributed by atoms with Gasteiger partial charge in [-0.15, -0.1) is 0 Å². The number of anilines is 1. The summed E-state index contributed by atoms with van der Waals surface area (Å²) in [5.41, 5.74) is 0.137. The van der Waals surface area contributed by atoms with Crippen LogP contribution in [-0.4, -0.2) is 24.0 Å². The number of fused-ring (bicyclic) bond motifs is 1. The van der Waals surface area contributed by atoms with Crippen LogP contribution < -0.4 is 10.9 Å². The molecule has 2 aromatic rings. The zero-order valence-corrected chi connectivity index (χ0v) is 12.9. The zero-order valence-electron chi connectivity index (χ0n) is 12.1. The van der Waals surface area contributed by atoms with Crippen molar-refractivity contribution in [1.82, 2.24) is 4.98 Å². The Morgan fingerprint density at radius 3 is 2.82 bits per heavy atom. The lowest BCUT2D eigenvalue weighted by Gasteiger charge is -2.13. The number of carbonyl (C=O) groups is 2. The molecule has 22 heavy (non-hydrogen) atoms. The number of amides is 1. The van der Waals surface area contributed by atoms with Crippen molar-refractivity contribution >= 4 is 39.9 Å². The van der Waals surface area contributed by atoms with Gasteiger partial charge in [-0.2, -0.15) is 0 Å². The highest BCUT2D eigenvalue weighted by Crippen LogP contribution is 2.27. The second-order valence-corrected chi connectivity index (χ2v) is 5.30. The van der Waals surface area contributed by atoms with E-state index in [0.29, 0.717) is 16.5 Å². The lowest BCUT2D eigenvalue weighted by Crippen LogP contribution is -2.23. The Balaban J connectivity index is 2.24. The molecular weight excluding hydrogens is 308 g/mol. The highest BCUT2D eigenvalue weighted by atomic mass is 35.5. The SMILES string of the molecule is COC(=O)C[C@@H](C)C(=O)Nc1cc2cc[nH]c(=O)c2cc1Cl. The molecule has 2 N–H and O–H groups in total. The van der Waals surface area contributed by atoms with Crippen LogP contribution in [0.3, 0.4) is 0 Å². The summed E-state index contributed by atoms with van der Waals surface area (Å²) < 4.78 is 4.53. The third-order valence-corrected chi connectivity index (χ3v) is 3.58. The van der Waals surface area contributed by atoms with E-state index >= 15 is 0 Å². The average molecular weight is 323 g/mol. The van der Waals surface area contributed by atoms with E-state index in [1.54, 1.807) is 19.1 Å². The van der Waals surface area contributed by atoms with Gasteiger partial charge in [0.25, 0.3) is 5.56 Å². The molecule has 0 aliphatic carbocycles. The van der Waals surface area contributed by atoms with Gasteiger partial charge in [0.15, 0.2) is 0 Å². The van der Waals surface area contributed by atoms with E-state index in [1.807, 2.05) is 0 Å². The fourth-order valence-corrected chi connectivity index (χ4v) is 2.20. The molecule has 116 valence electrons. The molecule has 0 saturated carbocycles. The number of ether oxygens (including phenoxy) is 1. The monoisotopic (exact) mass is 322 g/mol. The maximum atomic E-state index is 12.1. The van der Waals surface area contributed by atoms with Crippen LogP contribution in [0.5, 0.6) is 0 Å². The number of pyridine rings is 1. The molecule has 0 radical (unpaired) electrons. The number of rotatable bonds is 4. The van der Waals surface area contributed by atoms with Gasteiger partial charge in [-0.25, -0.2) is 0 Å². The fourth-order valence-electron chi connectivity index (χ4n) is 1.99. The fraction of sp³-hybridized carbons (Fsp3) is 0.267. The molecule has 0 aliphatic heterocycles. The van der Waals surface area contributed by atoms with Crippen molar-refractivity contribution in [3.63, 3.8) is 0 Å². The lowest BCUT2D eigenvalue weighted by atomic mass is 10.1. The maximum Gasteiger partial charge on any atom is 0.306 e. The molecule has 1 amide bonds. The third-order valence-electron chi connectivity index (χ3n) is 3.27. The maximum absolute atomic E-state index is 12.1. The Morgan fingerprint density at radius 1 is 1.41 bits per heavy atom. The van der Waals surface area contributed by atoms with Gasteiger partial charge in [0.2, 0.25) is 5.91 Å². The molecule has 0 fully saturated rings. The van der Waals surface area contributed by atoms with E-state index in [2.05, 4.69) is 15.0 Å². The Labute approximate surface area is 131 Å². The van der Waals surface area contributed by atoms with Gasteiger partial charge in [-0.1, -0.05) is 18.5 Å². The Morgan fingerprint density at radius 2 is 2.14 bits per heavy atom. The number of carbonyl (C=O) groups excluding carboxylic acids is 2. The first-order valence-electron chi connectivity index (χ1n) is 6.61. The predicted molar refractivity (Wildman–Crippen MR) is 84.0 cm³/mol. The van der Waals surface area contributed by atoms with Crippen LogP contribution in [-0.2, 0) is 14.3 Å². The summed E-state index contributed by atoms with van der Waals surface area (Å²) in [6.45, 7) is 1.62. The normalized spacial score (nSPS) is 12.0. The molecule has 0 saturated heterocycles. The van der Waals surface area contributed by atoms with Crippen LogP contribution in [0.25, 0.3) is 10.8 Å². The minimum Gasteiger partial charge on any atom is -0.469 e. The van der Waals surface area contributed by atoms with Crippen molar-refractivity contribution < 1.29 is 14.3 Å². The largest absolute Gasteiger partial charge is 0.469 e. The Kier molecular flexibility index (Phi) is 4.82. The smallest absolute Gasteiger partial charge is 0.306 e. The molecule has 1 heterocycles. The second kappa shape index (κ2) is 6.62. The topological polar surface area (TPSA) is 88.3 Å². The molecular formula is C15H15ClN2O4. The number of esters is 1. The van der Waals surface area contributed by atoms with Gasteiger partial charge in [0.1, 0.15) is 0 Å². The van der Waals surface area contributed by atoms with E-state index < -0.39 is 11.9 Å². The summed E-state index contributed by atoms with van der Waals surface area (Å²) in [4.78, 5) is 37.5. The van der Waals surface area contributed by atoms with Crippen LogP contribution in [0.15, 0.2) is 29.2 Å². The van der Waals surface area contributed by atoms with Gasteiger partial charge >= 0.3 is 5.97 Å². The average Bonchev–Trinajstić information content (AvgIpc) is 2.48. The summed E-state index contributed by atoms with van der Waals surface area (Å²) in [5, 5.41) is 4.01. The van der Waals surface area contributed by atoms with Crippen molar-refractivity contribution in [2.45, 2.75) is 13.3 Å². The van der Waals surface area contributed by atoms with Crippen LogP contribution in [0, 0.1) is 5.92 Å². The number of nitrogens with one attached hydrogen (secondary N) is 2. The van der Waals surface area contributed by atoms with E-state index in [0.717, 1.165) is 0 Å². The van der Waals surface area contributed by atoms with Crippen molar-refractivity contribution in [3.8, 4) is 0 Å². The van der Waals surface area contributed by atoms with Crippen molar-refractivity contribution in [2.24, 2.45) is 5.92 Å². The van der Waals surface area contributed by atoms with E-state index in [-0.39, 0.29) is 22.9 Å². The van der Waals surface area contributed by atoms with Crippen molar-refractivity contribution in [2.75, 3.05) is 12.4 Å². The number of hydrogen-bond donors (Lipinski definition) is 2. The molecule has 1 aromatic heterocycles. The van der Waals surface area contributed by atoms with E-state index in [4.69, 9.17) is 11.6 Å². The van der Waals surface area contributed by atoms with Gasteiger partial charge in [-0.05, 0) is 23.6 Å². The minimum atomic E-state index is -0.557. The first-order chi connectivity index (χ1) is 10.4. The predicted octanol–water partition coefficient (Wildman–Crippen LogP) is 2.32. The zero-order chi connectivity index (χ0) is 16.3. The molecule has 1 atom stereocenters. The van der Waals surface area contributed by atoms with Gasteiger partial charge in [0.05, 0.1) is 24.2 Å². The summed E-state index contributed by atoms with van der Waals surface area (Å²) in [7, 11) is 1.27. The number of halogens is 1. The molecule has 6 nitrogen and oxygen atoms in total.